The van der Waals surface area contributed by atoms with Gasteiger partial charge in [-0.1, -0.05) is 6.92 Å². The highest BCUT2D eigenvalue weighted by Gasteiger charge is 2.29. The first-order valence-corrected chi connectivity index (χ1v) is 4.85. The molecule has 13 heavy (non-hydrogen) atoms. The second kappa shape index (κ2) is 5.35. The van der Waals surface area contributed by atoms with Crippen molar-refractivity contribution in [2.45, 2.75) is 25.9 Å². The molecule has 3 nitrogen and oxygen atoms in total. The second-order valence-electron chi connectivity index (χ2n) is 3.64. The van der Waals surface area contributed by atoms with Gasteiger partial charge in [-0.25, -0.2) is 0 Å². The second-order valence-corrected chi connectivity index (χ2v) is 3.64. The maximum atomic E-state index is 10.7. The summed E-state index contributed by atoms with van der Waals surface area (Å²) < 4.78 is 10.6. The molecule has 0 amide bonds. The van der Waals surface area contributed by atoms with Crippen LogP contribution in [0.15, 0.2) is 0 Å². The summed E-state index contributed by atoms with van der Waals surface area (Å²) in [5.41, 5.74) is 0. The molecule has 0 saturated carbocycles. The van der Waals surface area contributed by atoms with Gasteiger partial charge in [-0.15, -0.1) is 0 Å². The van der Waals surface area contributed by atoms with Crippen molar-refractivity contribution < 1.29 is 14.3 Å². The molecule has 0 spiro atoms. The first-order chi connectivity index (χ1) is 6.29. The first kappa shape index (κ1) is 10.7. The first-order valence-electron chi connectivity index (χ1n) is 4.85. The van der Waals surface area contributed by atoms with Crippen LogP contribution in [0.4, 0.5) is 0 Å². The molecule has 1 heterocycles. The van der Waals surface area contributed by atoms with Gasteiger partial charge < -0.3 is 14.3 Å². The highest BCUT2D eigenvalue weighted by Crippen LogP contribution is 2.26. The molecule has 0 aromatic carbocycles. The zero-order valence-corrected chi connectivity index (χ0v) is 8.36. The lowest BCUT2D eigenvalue weighted by Gasteiger charge is -2.33. The maximum Gasteiger partial charge on any atom is 0.123 e. The molecular formula is C10H18O3. The third-order valence-electron chi connectivity index (χ3n) is 2.83. The third kappa shape index (κ3) is 2.78. The van der Waals surface area contributed by atoms with Gasteiger partial charge in [-0.3, -0.25) is 0 Å². The Morgan fingerprint density at radius 2 is 2.38 bits per heavy atom. The zero-order valence-electron chi connectivity index (χ0n) is 8.36. The fourth-order valence-electron chi connectivity index (χ4n) is 1.82. The van der Waals surface area contributed by atoms with Crippen LogP contribution in [0.1, 0.15) is 19.8 Å². The maximum absolute atomic E-state index is 10.7. The summed E-state index contributed by atoms with van der Waals surface area (Å²) in [6.07, 6.45) is 3.02. The Hall–Kier alpha value is -0.410. The van der Waals surface area contributed by atoms with Crippen molar-refractivity contribution in [2.24, 2.45) is 11.8 Å². The highest BCUT2D eigenvalue weighted by molar-refractivity contribution is 5.54. The normalized spacial score (nSPS) is 34.5. The zero-order chi connectivity index (χ0) is 9.68. The van der Waals surface area contributed by atoms with Crippen LogP contribution in [0.3, 0.4) is 0 Å². The predicted octanol–water partition coefficient (Wildman–Crippen LogP) is 1.26. The number of hydrogen-bond donors (Lipinski definition) is 0. The fraction of sp³-hybridized carbons (Fsp3) is 0.900. The van der Waals surface area contributed by atoms with E-state index >= 15 is 0 Å². The van der Waals surface area contributed by atoms with E-state index in [4.69, 9.17) is 9.47 Å². The van der Waals surface area contributed by atoms with Crippen molar-refractivity contribution in [1.82, 2.24) is 0 Å². The molecule has 76 valence electrons. The Morgan fingerprint density at radius 3 is 3.00 bits per heavy atom. The topological polar surface area (TPSA) is 35.5 Å². The summed E-state index contributed by atoms with van der Waals surface area (Å²) in [5.74, 6) is 0.511. The number of methoxy groups -OCH3 is 1. The molecule has 1 aliphatic heterocycles. The number of hydrogen-bond acceptors (Lipinski definition) is 3. The number of aldehydes is 1. The van der Waals surface area contributed by atoms with Gasteiger partial charge in [0.2, 0.25) is 0 Å². The largest absolute Gasteiger partial charge is 0.385 e. The molecule has 0 bridgehead atoms. The molecule has 0 N–H and O–H groups in total. The van der Waals surface area contributed by atoms with E-state index in [1.54, 1.807) is 7.11 Å². The van der Waals surface area contributed by atoms with Gasteiger partial charge in [0.05, 0.1) is 6.10 Å². The quantitative estimate of drug-likeness (QED) is 0.620. The molecular weight excluding hydrogens is 168 g/mol. The van der Waals surface area contributed by atoms with Crippen molar-refractivity contribution >= 4 is 6.29 Å². The van der Waals surface area contributed by atoms with E-state index in [0.717, 1.165) is 19.1 Å². The van der Waals surface area contributed by atoms with Crippen LogP contribution in [0, 0.1) is 11.8 Å². The lowest BCUT2D eigenvalue weighted by Crippen LogP contribution is -2.36. The molecule has 0 aromatic heterocycles. The molecule has 0 radical (unpaired) electrons. The standard InChI is InChI=1S/C10H18O3/c1-8-9(7-11)3-6-13-10(8)4-5-12-2/h7-10H,3-6H2,1-2H3. The SMILES string of the molecule is COCCC1OCCC(C=O)C1C. The summed E-state index contributed by atoms with van der Waals surface area (Å²) in [6.45, 7) is 3.50. The number of rotatable bonds is 4. The van der Waals surface area contributed by atoms with Crippen molar-refractivity contribution in [3.63, 3.8) is 0 Å². The van der Waals surface area contributed by atoms with Crippen LogP contribution < -0.4 is 0 Å². The summed E-state index contributed by atoms with van der Waals surface area (Å²) in [7, 11) is 1.69. The summed E-state index contributed by atoms with van der Waals surface area (Å²) >= 11 is 0. The van der Waals surface area contributed by atoms with Crippen LogP contribution >= 0.6 is 0 Å². The van der Waals surface area contributed by atoms with Gasteiger partial charge in [-0.05, 0) is 18.8 Å². The van der Waals surface area contributed by atoms with Gasteiger partial charge in [0.25, 0.3) is 0 Å². The van der Waals surface area contributed by atoms with E-state index in [1.165, 1.54) is 0 Å². The molecule has 0 aliphatic carbocycles. The number of carbonyl (C=O) groups excluding carboxylic acids is 1. The molecule has 0 aromatic rings. The molecule has 3 heteroatoms. The molecule has 1 saturated heterocycles. The molecule has 1 aliphatic rings. The van der Waals surface area contributed by atoms with E-state index in [0.29, 0.717) is 19.1 Å². The minimum atomic E-state index is 0.176. The average molecular weight is 186 g/mol. The van der Waals surface area contributed by atoms with E-state index in [2.05, 4.69) is 6.92 Å². The summed E-state index contributed by atoms with van der Waals surface area (Å²) in [5, 5.41) is 0. The Labute approximate surface area is 79.4 Å². The van der Waals surface area contributed by atoms with Gasteiger partial charge in [0.15, 0.2) is 0 Å². The lowest BCUT2D eigenvalue weighted by atomic mass is 9.84. The lowest BCUT2D eigenvalue weighted by molar-refractivity contribution is -0.121. The third-order valence-corrected chi connectivity index (χ3v) is 2.83. The minimum Gasteiger partial charge on any atom is -0.385 e. The molecule has 3 unspecified atom stereocenters. The smallest absolute Gasteiger partial charge is 0.123 e. The van der Waals surface area contributed by atoms with E-state index < -0.39 is 0 Å². The van der Waals surface area contributed by atoms with Crippen molar-refractivity contribution in [1.29, 1.82) is 0 Å². The van der Waals surface area contributed by atoms with Gasteiger partial charge in [-0.2, -0.15) is 0 Å². The van der Waals surface area contributed by atoms with E-state index in [-0.39, 0.29) is 12.0 Å². The van der Waals surface area contributed by atoms with E-state index in [1.807, 2.05) is 0 Å². The number of carbonyl (C=O) groups is 1. The van der Waals surface area contributed by atoms with Crippen LogP contribution in [0.5, 0.6) is 0 Å². The summed E-state index contributed by atoms with van der Waals surface area (Å²) in [4.78, 5) is 10.7. The number of ether oxygens (including phenoxy) is 2. The fourth-order valence-corrected chi connectivity index (χ4v) is 1.82. The van der Waals surface area contributed by atoms with Crippen LogP contribution in [-0.2, 0) is 14.3 Å². The van der Waals surface area contributed by atoms with Crippen molar-refractivity contribution in [3.8, 4) is 0 Å². The molecule has 3 atom stereocenters. The van der Waals surface area contributed by atoms with E-state index in [9.17, 15) is 4.79 Å². The van der Waals surface area contributed by atoms with Crippen LogP contribution in [-0.4, -0.2) is 32.7 Å². The predicted molar refractivity (Wildman–Crippen MR) is 49.6 cm³/mol. The monoisotopic (exact) mass is 186 g/mol. The Balaban J connectivity index is 2.39. The van der Waals surface area contributed by atoms with Gasteiger partial charge in [0.1, 0.15) is 6.29 Å². The Morgan fingerprint density at radius 1 is 1.62 bits per heavy atom. The molecule has 1 fully saturated rings. The highest BCUT2D eigenvalue weighted by atomic mass is 16.5. The van der Waals surface area contributed by atoms with Gasteiger partial charge in [0, 0.05) is 26.2 Å². The van der Waals surface area contributed by atoms with Crippen molar-refractivity contribution in [3.05, 3.63) is 0 Å². The Kier molecular flexibility index (Phi) is 4.39. The van der Waals surface area contributed by atoms with Crippen molar-refractivity contribution in [2.75, 3.05) is 20.3 Å². The molecule has 1 rings (SSSR count). The summed E-state index contributed by atoms with van der Waals surface area (Å²) in [6, 6.07) is 0. The average Bonchev–Trinajstić information content (AvgIpc) is 2.16. The van der Waals surface area contributed by atoms with Crippen LogP contribution in [0.25, 0.3) is 0 Å². The Bertz CT molecular complexity index is 158. The van der Waals surface area contributed by atoms with Gasteiger partial charge >= 0.3 is 0 Å². The minimum absolute atomic E-state index is 0.176. The van der Waals surface area contributed by atoms with Crippen LogP contribution in [0.2, 0.25) is 0 Å².